The minimum Gasteiger partial charge on any atom is -0.198 e. The van der Waals surface area contributed by atoms with Gasteiger partial charge in [0.15, 0.2) is 0 Å². The van der Waals surface area contributed by atoms with Gasteiger partial charge in [0.1, 0.15) is 0 Å². The summed E-state index contributed by atoms with van der Waals surface area (Å²) in [7, 11) is 0. The molecule has 0 spiro atoms. The van der Waals surface area contributed by atoms with Gasteiger partial charge < -0.3 is 0 Å². The third-order valence-corrected chi connectivity index (χ3v) is 2.78. The lowest BCUT2D eigenvalue weighted by Crippen LogP contribution is -2.12. The molecule has 0 bridgehead atoms. The Balaban J connectivity index is 2.43. The fourth-order valence-corrected chi connectivity index (χ4v) is 1.78. The SMILES string of the molecule is CC(C)CC(C)C1(C#N)CC1. The highest BCUT2D eigenvalue weighted by Crippen LogP contribution is 2.53. The van der Waals surface area contributed by atoms with Crippen molar-refractivity contribution in [2.45, 2.75) is 40.0 Å². The number of nitrogens with zero attached hydrogens (tertiary/aromatic N) is 1. The maximum atomic E-state index is 8.89. The zero-order valence-electron chi connectivity index (χ0n) is 7.72. The van der Waals surface area contributed by atoms with Crippen LogP contribution in [-0.2, 0) is 0 Å². The van der Waals surface area contributed by atoms with Crippen LogP contribution in [0.25, 0.3) is 0 Å². The molecule has 0 aromatic rings. The molecular formula is C10H17N. The van der Waals surface area contributed by atoms with E-state index in [0.29, 0.717) is 5.92 Å². The predicted molar refractivity (Wildman–Crippen MR) is 45.9 cm³/mol. The first-order valence-electron chi connectivity index (χ1n) is 4.52. The summed E-state index contributed by atoms with van der Waals surface area (Å²) in [6.45, 7) is 6.67. The summed E-state index contributed by atoms with van der Waals surface area (Å²) in [5.74, 6) is 1.34. The maximum Gasteiger partial charge on any atom is 0.0692 e. The predicted octanol–water partition coefficient (Wildman–Crippen LogP) is 2.97. The lowest BCUT2D eigenvalue weighted by Gasteiger charge is -2.17. The first kappa shape index (κ1) is 8.59. The van der Waals surface area contributed by atoms with Gasteiger partial charge in [-0.15, -0.1) is 0 Å². The summed E-state index contributed by atoms with van der Waals surface area (Å²) < 4.78 is 0. The molecule has 0 N–H and O–H groups in total. The van der Waals surface area contributed by atoms with Crippen molar-refractivity contribution in [3.8, 4) is 6.07 Å². The van der Waals surface area contributed by atoms with Crippen LogP contribution in [0, 0.1) is 28.6 Å². The second kappa shape index (κ2) is 2.85. The summed E-state index contributed by atoms with van der Waals surface area (Å²) in [4.78, 5) is 0. The molecule has 0 radical (unpaired) electrons. The molecule has 0 heterocycles. The molecule has 0 aromatic heterocycles. The van der Waals surface area contributed by atoms with E-state index in [0.717, 1.165) is 18.8 Å². The Morgan fingerprint density at radius 1 is 1.36 bits per heavy atom. The van der Waals surface area contributed by atoms with Crippen LogP contribution in [0.4, 0.5) is 0 Å². The maximum absolute atomic E-state index is 8.89. The van der Waals surface area contributed by atoms with Gasteiger partial charge >= 0.3 is 0 Å². The van der Waals surface area contributed by atoms with Crippen molar-refractivity contribution in [2.75, 3.05) is 0 Å². The van der Waals surface area contributed by atoms with Gasteiger partial charge in [-0.3, -0.25) is 0 Å². The molecule has 1 rings (SSSR count). The van der Waals surface area contributed by atoms with E-state index in [1.807, 2.05) is 0 Å². The first-order chi connectivity index (χ1) is 5.10. The molecule has 62 valence electrons. The second-order valence-electron chi connectivity index (χ2n) is 4.30. The molecule has 0 aliphatic heterocycles. The van der Waals surface area contributed by atoms with Crippen molar-refractivity contribution >= 4 is 0 Å². The average molecular weight is 151 g/mol. The topological polar surface area (TPSA) is 23.8 Å². The Labute approximate surface area is 69.4 Å². The van der Waals surface area contributed by atoms with E-state index < -0.39 is 0 Å². The zero-order chi connectivity index (χ0) is 8.48. The molecule has 11 heavy (non-hydrogen) atoms. The minimum absolute atomic E-state index is 0.0876. The number of nitriles is 1. The van der Waals surface area contributed by atoms with E-state index in [1.54, 1.807) is 0 Å². The van der Waals surface area contributed by atoms with E-state index in [9.17, 15) is 0 Å². The molecule has 0 amide bonds. The van der Waals surface area contributed by atoms with Gasteiger partial charge in [0.2, 0.25) is 0 Å². The van der Waals surface area contributed by atoms with Crippen LogP contribution in [0.2, 0.25) is 0 Å². The van der Waals surface area contributed by atoms with Crippen LogP contribution >= 0.6 is 0 Å². The molecule has 1 fully saturated rings. The summed E-state index contributed by atoms with van der Waals surface area (Å²) in [5.41, 5.74) is 0.0876. The molecule has 1 saturated carbocycles. The fourth-order valence-electron chi connectivity index (χ4n) is 1.78. The van der Waals surface area contributed by atoms with E-state index in [2.05, 4.69) is 26.8 Å². The average Bonchev–Trinajstić information content (AvgIpc) is 2.65. The Morgan fingerprint density at radius 2 is 1.91 bits per heavy atom. The van der Waals surface area contributed by atoms with Crippen LogP contribution in [0.1, 0.15) is 40.0 Å². The Kier molecular flexibility index (Phi) is 2.23. The quantitative estimate of drug-likeness (QED) is 0.608. The van der Waals surface area contributed by atoms with Crippen LogP contribution in [-0.4, -0.2) is 0 Å². The Bertz CT molecular complexity index is 172. The molecule has 1 aliphatic carbocycles. The van der Waals surface area contributed by atoms with Crippen LogP contribution in [0.15, 0.2) is 0 Å². The monoisotopic (exact) mass is 151 g/mol. The third-order valence-electron chi connectivity index (χ3n) is 2.78. The first-order valence-corrected chi connectivity index (χ1v) is 4.52. The highest BCUT2D eigenvalue weighted by atomic mass is 14.5. The van der Waals surface area contributed by atoms with Crippen molar-refractivity contribution in [1.29, 1.82) is 5.26 Å². The summed E-state index contributed by atoms with van der Waals surface area (Å²) in [6.07, 6.45) is 3.47. The zero-order valence-corrected chi connectivity index (χ0v) is 7.72. The summed E-state index contributed by atoms with van der Waals surface area (Å²) in [5, 5.41) is 8.89. The van der Waals surface area contributed by atoms with Crippen LogP contribution in [0.3, 0.4) is 0 Å². The van der Waals surface area contributed by atoms with Gasteiger partial charge in [-0.25, -0.2) is 0 Å². The standard InChI is InChI=1S/C10H17N/c1-8(2)6-9(3)10(7-11)4-5-10/h8-9H,4-6H2,1-3H3. The van der Waals surface area contributed by atoms with Crippen molar-refractivity contribution in [1.82, 2.24) is 0 Å². The van der Waals surface area contributed by atoms with Crippen LogP contribution in [0.5, 0.6) is 0 Å². The molecular weight excluding hydrogens is 134 g/mol. The van der Waals surface area contributed by atoms with E-state index >= 15 is 0 Å². The Hall–Kier alpha value is -0.510. The highest BCUT2D eigenvalue weighted by molar-refractivity contribution is 5.12. The molecule has 1 heteroatoms. The highest BCUT2D eigenvalue weighted by Gasteiger charge is 2.47. The van der Waals surface area contributed by atoms with Gasteiger partial charge in [-0.2, -0.15) is 5.26 Å². The molecule has 1 unspecified atom stereocenters. The lowest BCUT2D eigenvalue weighted by molar-refractivity contribution is 0.342. The molecule has 0 aromatic carbocycles. The van der Waals surface area contributed by atoms with Gasteiger partial charge in [-0.1, -0.05) is 20.8 Å². The normalized spacial score (nSPS) is 22.8. The van der Waals surface area contributed by atoms with E-state index in [-0.39, 0.29) is 5.41 Å². The number of hydrogen-bond acceptors (Lipinski definition) is 1. The smallest absolute Gasteiger partial charge is 0.0692 e. The van der Waals surface area contributed by atoms with E-state index in [4.69, 9.17) is 5.26 Å². The minimum atomic E-state index is 0.0876. The van der Waals surface area contributed by atoms with Gasteiger partial charge in [0, 0.05) is 0 Å². The summed E-state index contributed by atoms with van der Waals surface area (Å²) >= 11 is 0. The van der Waals surface area contributed by atoms with Crippen molar-refractivity contribution in [3.63, 3.8) is 0 Å². The largest absolute Gasteiger partial charge is 0.198 e. The number of hydrogen-bond donors (Lipinski definition) is 0. The van der Waals surface area contributed by atoms with Crippen molar-refractivity contribution in [2.24, 2.45) is 17.3 Å². The fraction of sp³-hybridized carbons (Fsp3) is 0.900. The molecule has 1 nitrogen and oxygen atoms in total. The third kappa shape index (κ3) is 1.74. The van der Waals surface area contributed by atoms with Crippen LogP contribution < -0.4 is 0 Å². The van der Waals surface area contributed by atoms with Gasteiger partial charge in [-0.05, 0) is 31.1 Å². The number of rotatable bonds is 3. The second-order valence-corrected chi connectivity index (χ2v) is 4.30. The van der Waals surface area contributed by atoms with Gasteiger partial charge in [0.25, 0.3) is 0 Å². The van der Waals surface area contributed by atoms with E-state index in [1.165, 1.54) is 6.42 Å². The lowest BCUT2D eigenvalue weighted by atomic mass is 9.85. The molecule has 0 saturated heterocycles. The van der Waals surface area contributed by atoms with Gasteiger partial charge in [0.05, 0.1) is 11.5 Å². The Morgan fingerprint density at radius 3 is 2.18 bits per heavy atom. The van der Waals surface area contributed by atoms with Crippen molar-refractivity contribution < 1.29 is 0 Å². The molecule has 1 aliphatic rings. The molecule has 1 atom stereocenters. The summed E-state index contributed by atoms with van der Waals surface area (Å²) in [6, 6.07) is 2.46. The van der Waals surface area contributed by atoms with Crippen molar-refractivity contribution in [3.05, 3.63) is 0 Å².